The van der Waals surface area contributed by atoms with Crippen LogP contribution in [0.2, 0.25) is 0 Å². The summed E-state index contributed by atoms with van der Waals surface area (Å²) in [5, 5.41) is 0. The molecule has 0 bridgehead atoms. The van der Waals surface area contributed by atoms with E-state index in [-0.39, 0.29) is 0 Å². The molecule has 0 amide bonds. The van der Waals surface area contributed by atoms with E-state index in [0.29, 0.717) is 12.1 Å². The molecule has 0 spiro atoms. The zero-order valence-corrected chi connectivity index (χ0v) is 8.55. The van der Waals surface area contributed by atoms with E-state index in [1.54, 1.807) is 0 Å². The van der Waals surface area contributed by atoms with E-state index in [1.165, 1.54) is 13.0 Å². The minimum atomic E-state index is 0.507. The second-order valence-corrected chi connectivity index (χ2v) is 3.87. The number of nitrogens with zero attached hydrogens (tertiary/aromatic N) is 1. The lowest BCUT2D eigenvalue weighted by molar-refractivity contribution is 0.0571. The fourth-order valence-corrected chi connectivity index (χ4v) is 1.64. The van der Waals surface area contributed by atoms with Gasteiger partial charge in [0.05, 0.1) is 6.10 Å². The summed E-state index contributed by atoms with van der Waals surface area (Å²) in [4.78, 5) is 2.49. The summed E-state index contributed by atoms with van der Waals surface area (Å²) in [7, 11) is 0. The van der Waals surface area contributed by atoms with Crippen LogP contribution in [-0.2, 0) is 4.74 Å². The van der Waals surface area contributed by atoms with Crippen LogP contribution in [0.3, 0.4) is 0 Å². The lowest BCUT2D eigenvalue weighted by Crippen LogP contribution is -2.29. The monoisotopic (exact) mass is 171 g/mol. The van der Waals surface area contributed by atoms with Gasteiger partial charge < -0.3 is 4.74 Å². The normalized spacial score (nSPS) is 25.5. The molecule has 1 rings (SSSR count). The quantitative estimate of drug-likeness (QED) is 0.640. The van der Waals surface area contributed by atoms with Gasteiger partial charge in [-0.1, -0.05) is 6.92 Å². The molecule has 0 saturated carbocycles. The highest BCUT2D eigenvalue weighted by Gasteiger charge is 2.23. The van der Waals surface area contributed by atoms with E-state index in [2.05, 4.69) is 25.7 Å². The molecule has 1 heterocycles. The van der Waals surface area contributed by atoms with Crippen molar-refractivity contribution in [1.82, 2.24) is 4.90 Å². The summed E-state index contributed by atoms with van der Waals surface area (Å²) in [6.07, 6.45) is 2.86. The van der Waals surface area contributed by atoms with Crippen molar-refractivity contribution in [3.63, 3.8) is 0 Å². The highest BCUT2D eigenvalue weighted by atomic mass is 16.5. The SMILES string of the molecule is CCCO[C@@H]1CCN(C(C)C)C1. The molecule has 1 fully saturated rings. The molecule has 1 atom stereocenters. The number of ether oxygens (including phenoxy) is 1. The molecule has 2 heteroatoms. The first kappa shape index (κ1) is 10.0. The van der Waals surface area contributed by atoms with Gasteiger partial charge in [-0.15, -0.1) is 0 Å². The van der Waals surface area contributed by atoms with Gasteiger partial charge in [0.25, 0.3) is 0 Å². The average Bonchev–Trinajstić information content (AvgIpc) is 2.48. The zero-order chi connectivity index (χ0) is 8.97. The van der Waals surface area contributed by atoms with Crippen LogP contribution < -0.4 is 0 Å². The van der Waals surface area contributed by atoms with Crippen molar-refractivity contribution < 1.29 is 4.74 Å². The van der Waals surface area contributed by atoms with E-state index >= 15 is 0 Å². The van der Waals surface area contributed by atoms with Gasteiger partial charge in [0, 0.05) is 25.7 Å². The molecule has 1 aliphatic heterocycles. The fourth-order valence-electron chi connectivity index (χ4n) is 1.64. The zero-order valence-electron chi connectivity index (χ0n) is 8.55. The van der Waals surface area contributed by atoms with Gasteiger partial charge in [-0.3, -0.25) is 4.90 Å². The van der Waals surface area contributed by atoms with Crippen LogP contribution in [0.15, 0.2) is 0 Å². The standard InChI is InChI=1S/C10H21NO/c1-4-7-12-10-5-6-11(8-10)9(2)3/h9-10H,4-8H2,1-3H3/t10-/m1/s1. The Morgan fingerprint density at radius 2 is 2.25 bits per heavy atom. The molecule has 0 aromatic carbocycles. The fraction of sp³-hybridized carbons (Fsp3) is 1.00. The average molecular weight is 171 g/mol. The Labute approximate surface area is 75.9 Å². The maximum atomic E-state index is 5.69. The summed E-state index contributed by atoms with van der Waals surface area (Å²) >= 11 is 0. The summed E-state index contributed by atoms with van der Waals surface area (Å²) in [6, 6.07) is 0.681. The summed E-state index contributed by atoms with van der Waals surface area (Å²) < 4.78 is 5.69. The lowest BCUT2D eigenvalue weighted by atomic mass is 10.3. The molecule has 0 aromatic heterocycles. The molecule has 0 aromatic rings. The van der Waals surface area contributed by atoms with Crippen LogP contribution in [0.1, 0.15) is 33.6 Å². The lowest BCUT2D eigenvalue weighted by Gasteiger charge is -2.20. The maximum absolute atomic E-state index is 5.69. The first-order valence-electron chi connectivity index (χ1n) is 5.09. The van der Waals surface area contributed by atoms with E-state index in [1.807, 2.05) is 0 Å². The number of likely N-dealkylation sites (tertiary alicyclic amines) is 1. The molecule has 1 aliphatic rings. The van der Waals surface area contributed by atoms with Crippen molar-refractivity contribution in [2.45, 2.75) is 45.8 Å². The number of rotatable bonds is 4. The summed E-state index contributed by atoms with van der Waals surface area (Å²) in [5.41, 5.74) is 0. The van der Waals surface area contributed by atoms with Crippen LogP contribution in [0.25, 0.3) is 0 Å². The van der Waals surface area contributed by atoms with Gasteiger partial charge >= 0.3 is 0 Å². The topological polar surface area (TPSA) is 12.5 Å². The molecule has 12 heavy (non-hydrogen) atoms. The number of hydrogen-bond acceptors (Lipinski definition) is 2. The minimum Gasteiger partial charge on any atom is -0.377 e. The molecule has 72 valence electrons. The Balaban J connectivity index is 2.17. The van der Waals surface area contributed by atoms with Crippen molar-refractivity contribution in [1.29, 1.82) is 0 Å². The minimum absolute atomic E-state index is 0.507. The van der Waals surface area contributed by atoms with Gasteiger partial charge in [-0.2, -0.15) is 0 Å². The molecule has 1 saturated heterocycles. The first-order chi connectivity index (χ1) is 5.74. The van der Waals surface area contributed by atoms with Crippen molar-refractivity contribution in [2.75, 3.05) is 19.7 Å². The highest BCUT2D eigenvalue weighted by molar-refractivity contribution is 4.77. The van der Waals surface area contributed by atoms with Crippen molar-refractivity contribution in [2.24, 2.45) is 0 Å². The Morgan fingerprint density at radius 3 is 2.75 bits per heavy atom. The van der Waals surface area contributed by atoms with Crippen molar-refractivity contribution in [3.8, 4) is 0 Å². The second kappa shape index (κ2) is 4.83. The maximum Gasteiger partial charge on any atom is 0.0714 e. The summed E-state index contributed by atoms with van der Waals surface area (Å²) in [6.45, 7) is 9.94. The van der Waals surface area contributed by atoms with Crippen molar-refractivity contribution >= 4 is 0 Å². The molecule has 2 nitrogen and oxygen atoms in total. The van der Waals surface area contributed by atoms with Gasteiger partial charge in [0.15, 0.2) is 0 Å². The third kappa shape index (κ3) is 2.76. The molecular formula is C10H21NO. The van der Waals surface area contributed by atoms with Crippen LogP contribution in [0.4, 0.5) is 0 Å². The predicted molar refractivity (Wildman–Crippen MR) is 51.4 cm³/mol. The van der Waals surface area contributed by atoms with Gasteiger partial charge in [-0.05, 0) is 26.7 Å². The Morgan fingerprint density at radius 1 is 1.50 bits per heavy atom. The Kier molecular flexibility index (Phi) is 4.02. The molecule has 0 N–H and O–H groups in total. The van der Waals surface area contributed by atoms with E-state index < -0.39 is 0 Å². The molecule has 0 aliphatic carbocycles. The van der Waals surface area contributed by atoms with Gasteiger partial charge in [0.1, 0.15) is 0 Å². The molecular weight excluding hydrogens is 150 g/mol. The third-order valence-corrected chi connectivity index (χ3v) is 2.46. The largest absolute Gasteiger partial charge is 0.377 e. The van der Waals surface area contributed by atoms with Gasteiger partial charge in [0.2, 0.25) is 0 Å². The van der Waals surface area contributed by atoms with E-state index in [0.717, 1.165) is 19.6 Å². The predicted octanol–water partition coefficient (Wildman–Crippen LogP) is 1.90. The third-order valence-electron chi connectivity index (χ3n) is 2.46. The van der Waals surface area contributed by atoms with E-state index in [4.69, 9.17) is 4.74 Å². The smallest absolute Gasteiger partial charge is 0.0714 e. The Bertz CT molecular complexity index is 125. The van der Waals surface area contributed by atoms with Gasteiger partial charge in [-0.25, -0.2) is 0 Å². The van der Waals surface area contributed by atoms with Crippen LogP contribution >= 0.6 is 0 Å². The number of hydrogen-bond donors (Lipinski definition) is 0. The Hall–Kier alpha value is -0.0800. The van der Waals surface area contributed by atoms with Crippen LogP contribution in [0.5, 0.6) is 0 Å². The summed E-state index contributed by atoms with van der Waals surface area (Å²) in [5.74, 6) is 0. The molecule has 0 unspecified atom stereocenters. The van der Waals surface area contributed by atoms with Crippen LogP contribution in [-0.4, -0.2) is 36.7 Å². The first-order valence-corrected chi connectivity index (χ1v) is 5.09. The molecule has 0 radical (unpaired) electrons. The second-order valence-electron chi connectivity index (χ2n) is 3.87. The van der Waals surface area contributed by atoms with E-state index in [9.17, 15) is 0 Å². The van der Waals surface area contributed by atoms with Crippen LogP contribution in [0, 0.1) is 0 Å². The highest BCUT2D eigenvalue weighted by Crippen LogP contribution is 2.15. The van der Waals surface area contributed by atoms with Crippen molar-refractivity contribution in [3.05, 3.63) is 0 Å².